The van der Waals surface area contributed by atoms with Crippen LogP contribution in [-0.4, -0.2) is 16.3 Å². The Hall–Kier alpha value is -1.46. The smallest absolute Gasteiger partial charge is 0.126 e. The first-order chi connectivity index (χ1) is 9.06. The summed E-state index contributed by atoms with van der Waals surface area (Å²) in [5, 5.41) is 7.81. The minimum atomic E-state index is -0.563. The minimum absolute atomic E-state index is 0. The fourth-order valence-electron chi connectivity index (χ4n) is 2.74. The largest absolute Gasteiger partial charge is 0.308 e. The summed E-state index contributed by atoms with van der Waals surface area (Å²) in [6.45, 7) is 2.89. The van der Waals surface area contributed by atoms with Crippen molar-refractivity contribution in [3.63, 3.8) is 0 Å². The van der Waals surface area contributed by atoms with E-state index in [1.807, 2.05) is 14.0 Å². The minimum Gasteiger partial charge on any atom is -0.308 e. The van der Waals surface area contributed by atoms with Crippen LogP contribution in [0.4, 0.5) is 8.78 Å². The molecule has 0 bridgehead atoms. The Morgan fingerprint density at radius 1 is 1.25 bits per heavy atom. The van der Waals surface area contributed by atoms with Gasteiger partial charge in [0.25, 0.3) is 0 Å². The van der Waals surface area contributed by atoms with Crippen molar-refractivity contribution in [1.29, 1.82) is 0 Å². The van der Waals surface area contributed by atoms with Gasteiger partial charge in [-0.3, -0.25) is 4.68 Å². The van der Waals surface area contributed by atoms with Crippen molar-refractivity contribution in [3.8, 4) is 11.3 Å². The number of fused-ring (bicyclic) bond motifs is 1. The van der Waals surface area contributed by atoms with E-state index in [9.17, 15) is 8.78 Å². The maximum absolute atomic E-state index is 13.4. The molecule has 0 amide bonds. The number of halogens is 3. The van der Waals surface area contributed by atoms with Crippen molar-refractivity contribution in [2.45, 2.75) is 19.4 Å². The van der Waals surface area contributed by atoms with Gasteiger partial charge in [-0.05, 0) is 32.0 Å². The zero-order valence-corrected chi connectivity index (χ0v) is 12.1. The number of hydrogen-bond donors (Lipinski definition) is 1. The van der Waals surface area contributed by atoms with Crippen LogP contribution in [0.2, 0.25) is 0 Å². The zero-order valence-electron chi connectivity index (χ0n) is 11.3. The molecule has 1 aliphatic heterocycles. The molecule has 20 heavy (non-hydrogen) atoms. The van der Waals surface area contributed by atoms with E-state index in [-0.39, 0.29) is 18.4 Å². The van der Waals surface area contributed by atoms with Gasteiger partial charge in [0.1, 0.15) is 11.6 Å². The van der Waals surface area contributed by atoms with Crippen molar-refractivity contribution in [1.82, 2.24) is 15.1 Å². The van der Waals surface area contributed by atoms with Gasteiger partial charge in [0.15, 0.2) is 0 Å². The number of aryl methyl sites for hydroxylation is 1. The number of nitrogens with one attached hydrogen (secondary N) is 1. The van der Waals surface area contributed by atoms with Crippen molar-refractivity contribution in [2.24, 2.45) is 7.05 Å². The molecule has 3 nitrogen and oxygen atoms in total. The molecule has 1 aromatic heterocycles. The Bertz CT molecular complexity index is 619. The highest BCUT2D eigenvalue weighted by Crippen LogP contribution is 2.32. The van der Waals surface area contributed by atoms with E-state index >= 15 is 0 Å². The molecule has 0 saturated carbocycles. The van der Waals surface area contributed by atoms with E-state index in [2.05, 4.69) is 10.4 Å². The first kappa shape index (κ1) is 14.9. The lowest BCUT2D eigenvalue weighted by molar-refractivity contribution is 0.525. The first-order valence-corrected chi connectivity index (χ1v) is 6.32. The van der Waals surface area contributed by atoms with E-state index in [1.165, 1.54) is 12.1 Å². The van der Waals surface area contributed by atoms with Gasteiger partial charge in [0.05, 0.1) is 11.4 Å². The summed E-state index contributed by atoms with van der Waals surface area (Å²) >= 11 is 0. The maximum atomic E-state index is 13.4. The Morgan fingerprint density at radius 3 is 2.55 bits per heavy atom. The van der Waals surface area contributed by atoms with Gasteiger partial charge >= 0.3 is 0 Å². The maximum Gasteiger partial charge on any atom is 0.126 e. The summed E-state index contributed by atoms with van der Waals surface area (Å²) in [6.07, 6.45) is 0.820. The lowest BCUT2D eigenvalue weighted by Gasteiger charge is -2.19. The summed E-state index contributed by atoms with van der Waals surface area (Å²) in [5.74, 6) is -1.13. The SMILES string of the molecule is C[C@@H]1NCCc2c1nn(C)c2-c1cc(F)cc(F)c1.Cl. The van der Waals surface area contributed by atoms with Crippen molar-refractivity contribution in [3.05, 3.63) is 41.1 Å². The average Bonchev–Trinajstić information content (AvgIpc) is 2.65. The third kappa shape index (κ3) is 2.43. The summed E-state index contributed by atoms with van der Waals surface area (Å²) in [5.41, 5.74) is 3.40. The van der Waals surface area contributed by atoms with Crippen molar-refractivity contribution < 1.29 is 8.78 Å². The molecule has 2 heterocycles. The second-order valence-corrected chi connectivity index (χ2v) is 4.92. The molecule has 0 aliphatic carbocycles. The van der Waals surface area contributed by atoms with Gasteiger partial charge in [-0.2, -0.15) is 5.10 Å². The van der Waals surface area contributed by atoms with Crippen LogP contribution in [0.25, 0.3) is 11.3 Å². The number of benzene rings is 1. The van der Waals surface area contributed by atoms with Crippen LogP contribution in [0.3, 0.4) is 0 Å². The molecule has 6 heteroatoms. The zero-order chi connectivity index (χ0) is 13.6. The van der Waals surface area contributed by atoms with Gasteiger partial charge < -0.3 is 5.32 Å². The highest BCUT2D eigenvalue weighted by molar-refractivity contribution is 5.85. The summed E-state index contributed by atoms with van der Waals surface area (Å²) in [4.78, 5) is 0. The number of hydrogen-bond acceptors (Lipinski definition) is 2. The molecular formula is C14H16ClF2N3. The second kappa shape index (κ2) is 5.50. The number of aromatic nitrogens is 2. The molecule has 0 radical (unpaired) electrons. The Balaban J connectivity index is 0.00000147. The van der Waals surface area contributed by atoms with E-state index in [1.54, 1.807) is 4.68 Å². The van der Waals surface area contributed by atoms with Crippen LogP contribution in [0.1, 0.15) is 24.2 Å². The lowest BCUT2D eigenvalue weighted by atomic mass is 9.97. The first-order valence-electron chi connectivity index (χ1n) is 6.32. The topological polar surface area (TPSA) is 29.9 Å². The van der Waals surface area contributed by atoms with Crippen molar-refractivity contribution >= 4 is 12.4 Å². The molecule has 108 valence electrons. The predicted molar refractivity (Wildman–Crippen MR) is 75.9 cm³/mol. The summed E-state index contributed by atoms with van der Waals surface area (Å²) in [7, 11) is 1.81. The number of rotatable bonds is 1. The molecule has 1 aromatic carbocycles. The molecule has 1 N–H and O–H groups in total. The van der Waals surface area contributed by atoms with E-state index in [0.29, 0.717) is 5.56 Å². The molecule has 2 aromatic rings. The monoisotopic (exact) mass is 299 g/mol. The predicted octanol–water partition coefficient (Wildman–Crippen LogP) is 2.99. The lowest BCUT2D eigenvalue weighted by Crippen LogP contribution is -2.27. The van der Waals surface area contributed by atoms with E-state index in [4.69, 9.17) is 0 Å². The van der Waals surface area contributed by atoms with Gasteiger partial charge in [0, 0.05) is 30.3 Å². The van der Waals surface area contributed by atoms with E-state index < -0.39 is 11.6 Å². The highest BCUT2D eigenvalue weighted by Gasteiger charge is 2.25. The fraction of sp³-hybridized carbons (Fsp3) is 0.357. The van der Waals surface area contributed by atoms with Crippen LogP contribution < -0.4 is 5.32 Å². The molecule has 0 saturated heterocycles. The molecule has 1 atom stereocenters. The number of nitrogens with zero attached hydrogens (tertiary/aromatic N) is 2. The molecule has 3 rings (SSSR count). The standard InChI is InChI=1S/C14H15F2N3.ClH/c1-8-13-12(3-4-17-8)14(19(2)18-13)9-5-10(15)7-11(16)6-9;/h5-8,17H,3-4H2,1-2H3;1H/t8-;/m0./s1. The molecular weight excluding hydrogens is 284 g/mol. The quantitative estimate of drug-likeness (QED) is 0.877. The van der Waals surface area contributed by atoms with Gasteiger partial charge in [-0.15, -0.1) is 12.4 Å². The van der Waals surface area contributed by atoms with Crippen LogP contribution >= 0.6 is 12.4 Å². The van der Waals surface area contributed by atoms with Crippen LogP contribution in [0.5, 0.6) is 0 Å². The summed E-state index contributed by atoms with van der Waals surface area (Å²) in [6, 6.07) is 3.76. The van der Waals surface area contributed by atoms with Crippen LogP contribution in [0, 0.1) is 11.6 Å². The van der Waals surface area contributed by atoms with Gasteiger partial charge in [-0.1, -0.05) is 0 Å². The Morgan fingerprint density at radius 2 is 1.90 bits per heavy atom. The van der Waals surface area contributed by atoms with Crippen LogP contribution in [0.15, 0.2) is 18.2 Å². The van der Waals surface area contributed by atoms with Crippen LogP contribution in [-0.2, 0) is 13.5 Å². The molecule has 0 fully saturated rings. The molecule has 1 aliphatic rings. The second-order valence-electron chi connectivity index (χ2n) is 4.92. The summed E-state index contributed by atoms with van der Waals surface area (Å²) < 4.78 is 28.5. The Kier molecular flexibility index (Phi) is 4.11. The van der Waals surface area contributed by atoms with Gasteiger partial charge in [-0.25, -0.2) is 8.78 Å². The fourth-order valence-corrected chi connectivity index (χ4v) is 2.74. The highest BCUT2D eigenvalue weighted by atomic mass is 35.5. The molecule has 0 unspecified atom stereocenters. The Labute approximate surface area is 122 Å². The van der Waals surface area contributed by atoms with Gasteiger partial charge in [0.2, 0.25) is 0 Å². The third-order valence-corrected chi connectivity index (χ3v) is 3.55. The van der Waals surface area contributed by atoms with Crippen molar-refractivity contribution in [2.75, 3.05) is 6.54 Å². The normalized spacial score (nSPS) is 17.5. The third-order valence-electron chi connectivity index (χ3n) is 3.55. The average molecular weight is 300 g/mol. The molecule has 0 spiro atoms. The van der Waals surface area contributed by atoms with E-state index in [0.717, 1.165) is 36.0 Å².